The van der Waals surface area contributed by atoms with Gasteiger partial charge >= 0.3 is 0 Å². The molecule has 0 radical (unpaired) electrons. The molecule has 0 saturated carbocycles. The van der Waals surface area contributed by atoms with Gasteiger partial charge in [-0.05, 0) is 47.7 Å². The highest BCUT2D eigenvalue weighted by molar-refractivity contribution is 6.34. The largest absolute Gasteiger partial charge is 0.409 e. The van der Waals surface area contributed by atoms with Gasteiger partial charge in [0.05, 0.1) is 16.6 Å². The first-order valence-corrected chi connectivity index (χ1v) is 11.4. The zero-order valence-corrected chi connectivity index (χ0v) is 19.0. The molecule has 3 aromatic carbocycles. The quantitative estimate of drug-likeness (QED) is 0.334. The maximum Gasteiger partial charge on any atom is 0.232 e. The number of oxime groups is 1. The van der Waals surface area contributed by atoms with Crippen molar-refractivity contribution < 1.29 is 10.0 Å². The summed E-state index contributed by atoms with van der Waals surface area (Å²) < 4.78 is 0. The van der Waals surface area contributed by atoms with Crippen LogP contribution in [-0.4, -0.2) is 23.5 Å². The molecule has 6 nitrogen and oxygen atoms in total. The van der Waals surface area contributed by atoms with Gasteiger partial charge in [0, 0.05) is 25.2 Å². The average molecular weight is 463 g/mol. The van der Waals surface area contributed by atoms with Crippen LogP contribution in [0.2, 0.25) is 5.02 Å². The first-order chi connectivity index (χ1) is 16.1. The summed E-state index contributed by atoms with van der Waals surface area (Å²) in [4.78, 5) is 15.3. The molecule has 33 heavy (non-hydrogen) atoms. The van der Waals surface area contributed by atoms with Gasteiger partial charge in [0.2, 0.25) is 5.91 Å². The summed E-state index contributed by atoms with van der Waals surface area (Å²) >= 11 is 6.53. The van der Waals surface area contributed by atoms with Crippen molar-refractivity contribution in [3.05, 3.63) is 94.5 Å². The minimum absolute atomic E-state index is 0.109. The third kappa shape index (κ3) is 5.35. The van der Waals surface area contributed by atoms with Crippen molar-refractivity contribution in [2.45, 2.75) is 31.7 Å². The van der Waals surface area contributed by atoms with Gasteiger partial charge in [0.15, 0.2) is 0 Å². The fraction of sp³-hybridized carbons (Fsp3) is 0.231. The number of hydrogen-bond acceptors (Lipinski definition) is 4. The van der Waals surface area contributed by atoms with Crippen LogP contribution in [0.4, 0.5) is 11.4 Å². The van der Waals surface area contributed by atoms with Crippen LogP contribution < -0.4 is 16.0 Å². The predicted molar refractivity (Wildman–Crippen MR) is 133 cm³/mol. The van der Waals surface area contributed by atoms with Gasteiger partial charge in [0.1, 0.15) is 5.84 Å². The Morgan fingerprint density at radius 3 is 2.61 bits per heavy atom. The first kappa shape index (κ1) is 22.8. The molecule has 1 aliphatic heterocycles. The SMILES string of the molecule is NCc1cccc(CC(C(=O)Nc2ccc(N3CCC/C3=N/O)c(Cl)c2)c2ccccc2)c1. The van der Waals surface area contributed by atoms with Gasteiger partial charge in [-0.25, -0.2) is 0 Å². The van der Waals surface area contributed by atoms with E-state index in [-0.39, 0.29) is 11.8 Å². The Morgan fingerprint density at radius 1 is 1.09 bits per heavy atom. The van der Waals surface area contributed by atoms with Gasteiger partial charge in [-0.3, -0.25) is 4.79 Å². The second-order valence-electron chi connectivity index (χ2n) is 8.12. The summed E-state index contributed by atoms with van der Waals surface area (Å²) in [6.07, 6.45) is 2.16. The molecule has 7 heteroatoms. The van der Waals surface area contributed by atoms with E-state index < -0.39 is 0 Å². The summed E-state index contributed by atoms with van der Waals surface area (Å²) in [6.45, 7) is 1.20. The molecule has 170 valence electrons. The highest BCUT2D eigenvalue weighted by Gasteiger charge is 2.24. The number of halogens is 1. The molecule has 1 amide bonds. The molecule has 1 atom stereocenters. The highest BCUT2D eigenvalue weighted by atomic mass is 35.5. The van der Waals surface area contributed by atoms with Gasteiger partial charge in [-0.1, -0.05) is 71.4 Å². The van der Waals surface area contributed by atoms with Crippen LogP contribution in [0, 0.1) is 0 Å². The maximum absolute atomic E-state index is 13.4. The Hall–Kier alpha value is -3.35. The standard InChI is InChI=1S/C26H27ClN4O2/c27-23-16-21(11-12-24(23)31-13-5-10-25(31)30-33)29-26(32)22(20-8-2-1-3-9-20)15-18-6-4-7-19(14-18)17-28/h1-4,6-9,11-12,14,16,22,33H,5,10,13,15,17,28H2,(H,29,32)/b30-25-. The van der Waals surface area contributed by atoms with Crippen LogP contribution in [-0.2, 0) is 17.8 Å². The van der Waals surface area contributed by atoms with E-state index in [4.69, 9.17) is 17.3 Å². The minimum Gasteiger partial charge on any atom is -0.409 e. The molecule has 0 aliphatic carbocycles. The average Bonchev–Trinajstić information content (AvgIpc) is 3.32. The molecule has 1 unspecified atom stereocenters. The molecule has 0 bridgehead atoms. The van der Waals surface area contributed by atoms with Crippen molar-refractivity contribution in [3.63, 3.8) is 0 Å². The Morgan fingerprint density at radius 2 is 1.88 bits per heavy atom. The summed E-state index contributed by atoms with van der Waals surface area (Å²) in [5, 5.41) is 16.1. The number of amides is 1. The topological polar surface area (TPSA) is 91.0 Å². The minimum atomic E-state index is -0.371. The summed E-state index contributed by atoms with van der Waals surface area (Å²) in [6, 6.07) is 23.2. The second kappa shape index (κ2) is 10.5. The van der Waals surface area contributed by atoms with Gasteiger partial charge in [0.25, 0.3) is 0 Å². The second-order valence-corrected chi connectivity index (χ2v) is 8.53. The van der Waals surface area contributed by atoms with Crippen LogP contribution >= 0.6 is 11.6 Å². The monoisotopic (exact) mass is 462 g/mol. The molecule has 3 aromatic rings. The van der Waals surface area contributed by atoms with Crippen LogP contribution in [0.3, 0.4) is 0 Å². The van der Waals surface area contributed by atoms with E-state index in [2.05, 4.69) is 10.5 Å². The van der Waals surface area contributed by atoms with Crippen molar-refractivity contribution in [2.24, 2.45) is 10.9 Å². The zero-order chi connectivity index (χ0) is 23.2. The number of nitrogens with two attached hydrogens (primary N) is 1. The van der Waals surface area contributed by atoms with E-state index >= 15 is 0 Å². The van der Waals surface area contributed by atoms with E-state index in [1.54, 1.807) is 6.07 Å². The fourth-order valence-electron chi connectivity index (χ4n) is 4.22. The lowest BCUT2D eigenvalue weighted by molar-refractivity contribution is -0.117. The summed E-state index contributed by atoms with van der Waals surface area (Å²) in [5.41, 5.74) is 10.2. The molecule has 1 aliphatic rings. The van der Waals surface area contributed by atoms with Crippen LogP contribution in [0.25, 0.3) is 0 Å². The Balaban J connectivity index is 1.56. The summed E-state index contributed by atoms with van der Waals surface area (Å²) in [7, 11) is 0. The molecule has 4 N–H and O–H groups in total. The number of carbonyl (C=O) groups is 1. The lowest BCUT2D eigenvalue weighted by Gasteiger charge is -2.21. The fourth-order valence-corrected chi connectivity index (χ4v) is 4.50. The lowest BCUT2D eigenvalue weighted by Crippen LogP contribution is -2.25. The third-order valence-electron chi connectivity index (χ3n) is 5.90. The molecule has 4 rings (SSSR count). The van der Waals surface area contributed by atoms with E-state index in [1.807, 2.05) is 71.6 Å². The van der Waals surface area contributed by atoms with E-state index in [1.165, 1.54) is 0 Å². The van der Waals surface area contributed by atoms with Crippen LogP contribution in [0.1, 0.15) is 35.4 Å². The van der Waals surface area contributed by atoms with Crippen LogP contribution in [0.5, 0.6) is 0 Å². The number of nitrogens with zero attached hydrogens (tertiary/aromatic N) is 2. The van der Waals surface area contributed by atoms with E-state index in [0.29, 0.717) is 35.9 Å². The molecule has 1 fully saturated rings. The van der Waals surface area contributed by atoms with Crippen molar-refractivity contribution in [3.8, 4) is 0 Å². The number of benzene rings is 3. The van der Waals surface area contributed by atoms with Gasteiger partial charge in [-0.15, -0.1) is 0 Å². The molecule has 0 spiro atoms. The highest BCUT2D eigenvalue weighted by Crippen LogP contribution is 2.33. The predicted octanol–water partition coefficient (Wildman–Crippen LogP) is 5.15. The smallest absolute Gasteiger partial charge is 0.232 e. The van der Waals surface area contributed by atoms with E-state index in [0.717, 1.165) is 35.3 Å². The number of amidine groups is 1. The maximum atomic E-state index is 13.4. The van der Waals surface area contributed by atoms with E-state index in [9.17, 15) is 10.0 Å². The third-order valence-corrected chi connectivity index (χ3v) is 6.20. The zero-order valence-electron chi connectivity index (χ0n) is 18.2. The van der Waals surface area contributed by atoms with Crippen LogP contribution in [0.15, 0.2) is 78.0 Å². The number of carbonyl (C=O) groups excluding carboxylic acids is 1. The molecular formula is C26H27ClN4O2. The molecule has 1 heterocycles. The first-order valence-electron chi connectivity index (χ1n) is 11.0. The number of rotatable bonds is 7. The molecule has 0 aromatic heterocycles. The van der Waals surface area contributed by atoms with Crippen molar-refractivity contribution >= 4 is 34.7 Å². The van der Waals surface area contributed by atoms with Gasteiger partial charge in [-0.2, -0.15) is 0 Å². The Labute approximate surface area is 198 Å². The normalized spacial score (nSPS) is 15.6. The van der Waals surface area contributed by atoms with Gasteiger partial charge < -0.3 is 21.2 Å². The number of hydrogen-bond donors (Lipinski definition) is 3. The number of anilines is 2. The number of nitrogens with one attached hydrogen (secondary N) is 1. The Bertz CT molecular complexity index is 1150. The molecular weight excluding hydrogens is 436 g/mol. The van der Waals surface area contributed by atoms with Crippen molar-refractivity contribution in [1.82, 2.24) is 0 Å². The van der Waals surface area contributed by atoms with Crippen molar-refractivity contribution in [1.29, 1.82) is 0 Å². The van der Waals surface area contributed by atoms with Crippen molar-refractivity contribution in [2.75, 3.05) is 16.8 Å². The molecule has 1 saturated heterocycles. The summed E-state index contributed by atoms with van der Waals surface area (Å²) in [5.74, 6) is 0.115. The lowest BCUT2D eigenvalue weighted by atomic mass is 9.90. The Kier molecular flexibility index (Phi) is 7.27.